The monoisotopic (exact) mass is 323 g/mol. The standard InChI is InChI=1S/C12H16BrCl2N/c1-9(2)16(6-5-13)8-10-3-4-11(14)7-12(10)15/h3-4,7,9H,5-6,8H2,1-2H3. The second-order valence-electron chi connectivity index (χ2n) is 3.99. The van der Waals surface area contributed by atoms with Crippen molar-refractivity contribution >= 4 is 39.1 Å². The zero-order chi connectivity index (χ0) is 12.1. The van der Waals surface area contributed by atoms with Gasteiger partial charge in [0, 0.05) is 34.5 Å². The van der Waals surface area contributed by atoms with Gasteiger partial charge in [-0.3, -0.25) is 4.90 Å². The quantitative estimate of drug-likeness (QED) is 0.715. The van der Waals surface area contributed by atoms with Crippen molar-refractivity contribution in [3.63, 3.8) is 0 Å². The molecule has 16 heavy (non-hydrogen) atoms. The van der Waals surface area contributed by atoms with Gasteiger partial charge in [-0.15, -0.1) is 0 Å². The number of alkyl halides is 1. The summed E-state index contributed by atoms with van der Waals surface area (Å²) in [5.74, 6) is 0. The molecule has 0 aliphatic heterocycles. The predicted molar refractivity (Wildman–Crippen MR) is 75.8 cm³/mol. The molecule has 1 rings (SSSR count). The Labute approximate surface area is 116 Å². The van der Waals surface area contributed by atoms with Gasteiger partial charge < -0.3 is 0 Å². The molecule has 0 heterocycles. The third kappa shape index (κ3) is 4.25. The first-order valence-corrected chi connectivity index (χ1v) is 7.16. The van der Waals surface area contributed by atoms with Gasteiger partial charge in [-0.25, -0.2) is 0 Å². The Morgan fingerprint density at radius 1 is 1.31 bits per heavy atom. The third-order valence-electron chi connectivity index (χ3n) is 2.49. The fourth-order valence-corrected chi connectivity index (χ4v) is 2.42. The van der Waals surface area contributed by atoms with Gasteiger partial charge in [-0.05, 0) is 31.5 Å². The number of hydrogen-bond donors (Lipinski definition) is 0. The summed E-state index contributed by atoms with van der Waals surface area (Å²) in [6, 6.07) is 6.18. The van der Waals surface area contributed by atoms with Crippen LogP contribution in [0, 0.1) is 0 Å². The molecule has 1 aromatic rings. The minimum absolute atomic E-state index is 0.504. The summed E-state index contributed by atoms with van der Waals surface area (Å²) in [7, 11) is 0. The summed E-state index contributed by atoms with van der Waals surface area (Å²) in [4.78, 5) is 2.36. The van der Waals surface area contributed by atoms with Crippen molar-refractivity contribution in [2.75, 3.05) is 11.9 Å². The van der Waals surface area contributed by atoms with Crippen LogP contribution in [-0.4, -0.2) is 22.8 Å². The second-order valence-corrected chi connectivity index (χ2v) is 5.63. The number of rotatable bonds is 5. The Balaban J connectivity index is 2.77. The average Bonchev–Trinajstić information content (AvgIpc) is 2.20. The lowest BCUT2D eigenvalue weighted by atomic mass is 10.2. The van der Waals surface area contributed by atoms with E-state index in [0.29, 0.717) is 11.1 Å². The van der Waals surface area contributed by atoms with Crippen LogP contribution < -0.4 is 0 Å². The van der Waals surface area contributed by atoms with Crippen LogP contribution in [0.15, 0.2) is 18.2 Å². The van der Waals surface area contributed by atoms with Gasteiger partial charge in [0.15, 0.2) is 0 Å². The third-order valence-corrected chi connectivity index (χ3v) is 3.43. The van der Waals surface area contributed by atoms with E-state index >= 15 is 0 Å². The first kappa shape index (κ1) is 14.3. The van der Waals surface area contributed by atoms with Crippen molar-refractivity contribution < 1.29 is 0 Å². The molecule has 0 spiro atoms. The molecule has 0 aliphatic rings. The normalized spacial score (nSPS) is 11.4. The highest BCUT2D eigenvalue weighted by atomic mass is 79.9. The molecular weight excluding hydrogens is 309 g/mol. The Morgan fingerprint density at radius 2 is 2.00 bits per heavy atom. The molecule has 1 aromatic carbocycles. The van der Waals surface area contributed by atoms with E-state index in [0.717, 1.165) is 29.0 Å². The fourth-order valence-electron chi connectivity index (χ4n) is 1.50. The van der Waals surface area contributed by atoms with E-state index in [2.05, 4.69) is 34.7 Å². The van der Waals surface area contributed by atoms with E-state index in [4.69, 9.17) is 23.2 Å². The van der Waals surface area contributed by atoms with Crippen molar-refractivity contribution in [2.24, 2.45) is 0 Å². The van der Waals surface area contributed by atoms with Gasteiger partial charge in [0.25, 0.3) is 0 Å². The van der Waals surface area contributed by atoms with Crippen molar-refractivity contribution in [2.45, 2.75) is 26.4 Å². The van der Waals surface area contributed by atoms with Gasteiger partial charge in [0.2, 0.25) is 0 Å². The largest absolute Gasteiger partial charge is 0.296 e. The van der Waals surface area contributed by atoms with Crippen molar-refractivity contribution in [3.05, 3.63) is 33.8 Å². The van der Waals surface area contributed by atoms with Crippen LogP contribution in [0.4, 0.5) is 0 Å². The van der Waals surface area contributed by atoms with Crippen LogP contribution in [0.25, 0.3) is 0 Å². The van der Waals surface area contributed by atoms with E-state index in [1.807, 2.05) is 12.1 Å². The Kier molecular flexibility index (Phi) is 6.12. The minimum atomic E-state index is 0.504. The smallest absolute Gasteiger partial charge is 0.0465 e. The SMILES string of the molecule is CC(C)N(CCBr)Cc1ccc(Cl)cc1Cl. The maximum atomic E-state index is 6.16. The highest BCUT2D eigenvalue weighted by Crippen LogP contribution is 2.22. The van der Waals surface area contributed by atoms with Crippen LogP contribution in [0.1, 0.15) is 19.4 Å². The van der Waals surface area contributed by atoms with E-state index < -0.39 is 0 Å². The van der Waals surface area contributed by atoms with E-state index in [1.54, 1.807) is 6.07 Å². The average molecular weight is 325 g/mol. The van der Waals surface area contributed by atoms with Crippen LogP contribution >= 0.6 is 39.1 Å². The van der Waals surface area contributed by atoms with Crippen LogP contribution in [0.5, 0.6) is 0 Å². The summed E-state index contributed by atoms with van der Waals surface area (Å²) >= 11 is 15.5. The molecule has 4 heteroatoms. The summed E-state index contributed by atoms with van der Waals surface area (Å²) in [6.45, 7) is 6.24. The van der Waals surface area contributed by atoms with Gasteiger partial charge in [-0.2, -0.15) is 0 Å². The molecule has 0 saturated carbocycles. The molecule has 0 unspecified atom stereocenters. The lowest BCUT2D eigenvalue weighted by Gasteiger charge is -2.26. The summed E-state index contributed by atoms with van der Waals surface area (Å²) in [5, 5.41) is 2.40. The molecule has 0 aromatic heterocycles. The van der Waals surface area contributed by atoms with Gasteiger partial charge >= 0.3 is 0 Å². The number of nitrogens with zero attached hydrogens (tertiary/aromatic N) is 1. The molecule has 1 nitrogen and oxygen atoms in total. The first-order chi connectivity index (χ1) is 7.54. The lowest BCUT2D eigenvalue weighted by molar-refractivity contribution is 0.227. The molecule has 0 saturated heterocycles. The Morgan fingerprint density at radius 3 is 2.50 bits per heavy atom. The zero-order valence-electron chi connectivity index (χ0n) is 9.51. The maximum Gasteiger partial charge on any atom is 0.0465 e. The number of hydrogen-bond acceptors (Lipinski definition) is 1. The number of halogens is 3. The van der Waals surface area contributed by atoms with E-state index in [-0.39, 0.29) is 0 Å². The van der Waals surface area contributed by atoms with Gasteiger partial charge in [-0.1, -0.05) is 45.2 Å². The maximum absolute atomic E-state index is 6.16. The molecule has 0 amide bonds. The molecule has 0 fully saturated rings. The molecule has 0 aliphatic carbocycles. The first-order valence-electron chi connectivity index (χ1n) is 5.28. The van der Waals surface area contributed by atoms with Gasteiger partial charge in [0.1, 0.15) is 0 Å². The summed E-state index contributed by atoms with van der Waals surface area (Å²) < 4.78 is 0. The zero-order valence-corrected chi connectivity index (χ0v) is 12.6. The summed E-state index contributed by atoms with van der Waals surface area (Å²) in [5.41, 5.74) is 1.13. The van der Waals surface area contributed by atoms with Crippen LogP contribution in [-0.2, 0) is 6.54 Å². The Hall–Kier alpha value is 0.240. The lowest BCUT2D eigenvalue weighted by Crippen LogP contribution is -2.32. The summed E-state index contributed by atoms with van der Waals surface area (Å²) in [6.07, 6.45) is 0. The van der Waals surface area contributed by atoms with E-state index in [9.17, 15) is 0 Å². The van der Waals surface area contributed by atoms with Gasteiger partial charge in [0.05, 0.1) is 0 Å². The molecule has 0 bridgehead atoms. The Bertz CT molecular complexity index is 342. The highest BCUT2D eigenvalue weighted by Gasteiger charge is 2.11. The van der Waals surface area contributed by atoms with Crippen LogP contribution in [0.2, 0.25) is 10.0 Å². The van der Waals surface area contributed by atoms with E-state index in [1.165, 1.54) is 0 Å². The van der Waals surface area contributed by atoms with Crippen LogP contribution in [0.3, 0.4) is 0 Å². The highest BCUT2D eigenvalue weighted by molar-refractivity contribution is 9.09. The van der Waals surface area contributed by atoms with Crippen molar-refractivity contribution in [1.82, 2.24) is 4.90 Å². The molecule has 0 atom stereocenters. The topological polar surface area (TPSA) is 3.24 Å². The predicted octanol–water partition coefficient (Wildman–Crippen LogP) is 4.60. The molecule has 90 valence electrons. The van der Waals surface area contributed by atoms with Crippen molar-refractivity contribution in [3.8, 4) is 0 Å². The van der Waals surface area contributed by atoms with Crippen molar-refractivity contribution in [1.29, 1.82) is 0 Å². The molecule has 0 N–H and O–H groups in total. The second kappa shape index (κ2) is 6.85. The number of benzene rings is 1. The minimum Gasteiger partial charge on any atom is -0.296 e. The fraction of sp³-hybridized carbons (Fsp3) is 0.500. The molecule has 0 radical (unpaired) electrons. The molecular formula is C12H16BrCl2N.